The van der Waals surface area contributed by atoms with Gasteiger partial charge < -0.3 is 0 Å². The lowest BCUT2D eigenvalue weighted by Gasteiger charge is -2.29. The Morgan fingerprint density at radius 1 is 0.688 bits per heavy atom. The highest BCUT2D eigenvalue weighted by Crippen LogP contribution is 2.29. The third-order valence-electron chi connectivity index (χ3n) is 2.58. The van der Waals surface area contributed by atoms with Crippen LogP contribution in [0.25, 0.3) is 0 Å². The predicted octanol–water partition coefficient (Wildman–Crippen LogP) is 1.76. The van der Waals surface area contributed by atoms with E-state index in [-0.39, 0.29) is 0 Å². The fourth-order valence-electron chi connectivity index (χ4n) is 1.16. The van der Waals surface area contributed by atoms with Crippen LogP contribution in [0.4, 0.5) is 0 Å². The van der Waals surface area contributed by atoms with Gasteiger partial charge in [0.25, 0.3) is 0 Å². The molecule has 0 heterocycles. The lowest BCUT2D eigenvalue weighted by atomic mass is 10.3. The molecule has 0 aliphatic rings. The lowest BCUT2D eigenvalue weighted by molar-refractivity contribution is 0.538. The van der Waals surface area contributed by atoms with Gasteiger partial charge in [-0.2, -0.15) is 0 Å². The van der Waals surface area contributed by atoms with Crippen molar-refractivity contribution in [2.75, 3.05) is 0 Å². The summed E-state index contributed by atoms with van der Waals surface area (Å²) < 4.78 is 44.8. The highest BCUT2D eigenvalue weighted by molar-refractivity contribution is 8.10. The summed E-state index contributed by atoms with van der Waals surface area (Å²) in [5.74, 6) is 0. The molecule has 0 amide bonds. The summed E-state index contributed by atoms with van der Waals surface area (Å²) in [5.41, 5.74) is 0. The monoisotopic (exact) mass is 270 g/mol. The molecule has 0 N–H and O–H groups in total. The Morgan fingerprint density at radius 2 is 0.875 bits per heavy atom. The second-order valence-corrected chi connectivity index (χ2v) is 12.2. The van der Waals surface area contributed by atoms with Crippen LogP contribution in [0.3, 0.4) is 0 Å². The number of hydrogen-bond acceptors (Lipinski definition) is 4. The second-order valence-electron chi connectivity index (χ2n) is 5.88. The van der Waals surface area contributed by atoms with E-state index >= 15 is 0 Å². The van der Waals surface area contributed by atoms with Crippen molar-refractivity contribution in [1.82, 2.24) is 0 Å². The Labute approximate surface area is 99.3 Å². The van der Waals surface area contributed by atoms with E-state index in [0.717, 1.165) is 0 Å². The van der Waals surface area contributed by atoms with Crippen LogP contribution in [0.1, 0.15) is 48.5 Å². The molecule has 0 aliphatic heterocycles. The van der Waals surface area contributed by atoms with Crippen molar-refractivity contribution in [3.8, 4) is 0 Å². The maximum atomic E-state index is 12.1. The minimum Gasteiger partial charge on any atom is -0.227 e. The molecule has 4 nitrogen and oxygen atoms in total. The van der Waals surface area contributed by atoms with Gasteiger partial charge in [-0.3, -0.25) is 0 Å². The first-order valence-electron chi connectivity index (χ1n) is 5.12. The minimum absolute atomic E-state index is 1.06. The molecule has 6 heteroatoms. The normalized spacial score (nSPS) is 15.5. The van der Waals surface area contributed by atoms with E-state index in [4.69, 9.17) is 0 Å². The molecule has 0 aromatic heterocycles. The van der Waals surface area contributed by atoms with Crippen LogP contribution < -0.4 is 0 Å². The third kappa shape index (κ3) is 2.59. The van der Waals surface area contributed by atoms with Crippen LogP contribution in [0.5, 0.6) is 0 Å². The molecule has 0 spiro atoms. The maximum Gasteiger partial charge on any atom is 0.172 e. The fourth-order valence-corrected chi connectivity index (χ4v) is 6.22. The molecule has 0 saturated heterocycles. The van der Waals surface area contributed by atoms with Crippen molar-refractivity contribution in [3.05, 3.63) is 0 Å². The molecule has 98 valence electrons. The summed E-state index contributed by atoms with van der Waals surface area (Å²) in [6.07, 6.45) is 0. The van der Waals surface area contributed by atoms with E-state index in [2.05, 4.69) is 0 Å². The van der Waals surface area contributed by atoms with E-state index < -0.39 is 33.8 Å². The van der Waals surface area contributed by atoms with E-state index in [1.54, 1.807) is 0 Å². The zero-order valence-corrected chi connectivity index (χ0v) is 12.7. The maximum absolute atomic E-state index is 12.1. The molecule has 0 fully saturated rings. The van der Waals surface area contributed by atoms with Crippen molar-refractivity contribution in [1.29, 1.82) is 0 Å². The van der Waals surface area contributed by atoms with Gasteiger partial charge in [-0.1, -0.05) is 0 Å². The van der Waals surface area contributed by atoms with Gasteiger partial charge in [0.15, 0.2) is 24.3 Å². The molecule has 0 aromatic rings. The first-order chi connectivity index (χ1) is 6.65. The summed E-state index contributed by atoms with van der Waals surface area (Å²) in [5, 5.41) is 0. The Balaban J connectivity index is 5.70. The Hall–Kier alpha value is -0.100. The van der Waals surface area contributed by atoms with Crippen molar-refractivity contribution in [2.24, 2.45) is 0 Å². The number of rotatable bonds is 2. The molecule has 0 bridgehead atoms. The largest absolute Gasteiger partial charge is 0.227 e. The summed E-state index contributed by atoms with van der Waals surface area (Å²) in [6.45, 7) is 10.3. The second kappa shape index (κ2) is 3.98. The molecular weight excluding hydrogens is 248 g/mol. The quantitative estimate of drug-likeness (QED) is 0.766. The predicted molar refractivity (Wildman–Crippen MR) is 66.8 cm³/mol. The highest BCUT2D eigenvalue weighted by Gasteiger charge is 2.46. The molecule has 0 rings (SSSR count). The average Bonchev–Trinajstić information content (AvgIpc) is 1.98. The molecule has 0 unspecified atom stereocenters. The third-order valence-corrected chi connectivity index (χ3v) is 9.26. The zero-order valence-electron chi connectivity index (χ0n) is 11.0. The smallest absolute Gasteiger partial charge is 0.172 e. The average molecular weight is 270 g/mol. The lowest BCUT2D eigenvalue weighted by Crippen LogP contribution is -2.45. The topological polar surface area (TPSA) is 68.3 Å². The SMILES string of the molecule is CC(S(=O)(=O)C(C)(C)C)S(=O)(=O)C(C)(C)C. The molecule has 0 radical (unpaired) electrons. The van der Waals surface area contributed by atoms with E-state index in [0.29, 0.717) is 0 Å². The standard InChI is InChI=1S/C10H22O4S2/c1-8(15(11,12)9(2,3)4)16(13,14)10(5,6)7/h8H,1-7H3. The van der Waals surface area contributed by atoms with E-state index in [9.17, 15) is 16.8 Å². The highest BCUT2D eigenvalue weighted by atomic mass is 32.3. The summed E-state index contributed by atoms with van der Waals surface area (Å²) in [4.78, 5) is 0. The Morgan fingerprint density at radius 3 is 1.00 bits per heavy atom. The van der Waals surface area contributed by atoms with Crippen LogP contribution >= 0.6 is 0 Å². The first-order valence-corrected chi connectivity index (χ1v) is 8.22. The van der Waals surface area contributed by atoms with Gasteiger partial charge in [-0.25, -0.2) is 16.8 Å². The van der Waals surface area contributed by atoms with Gasteiger partial charge in [-0.15, -0.1) is 0 Å². The summed E-state index contributed by atoms with van der Waals surface area (Å²) >= 11 is 0. The van der Waals surface area contributed by atoms with Gasteiger partial charge in [0.1, 0.15) is 0 Å². The van der Waals surface area contributed by atoms with Crippen molar-refractivity contribution in [2.45, 2.75) is 62.5 Å². The minimum atomic E-state index is -3.71. The van der Waals surface area contributed by atoms with Gasteiger partial charge >= 0.3 is 0 Å². The summed E-state index contributed by atoms with van der Waals surface area (Å²) in [7, 11) is -7.41. The van der Waals surface area contributed by atoms with Gasteiger partial charge in [0.2, 0.25) is 0 Å². The van der Waals surface area contributed by atoms with Crippen molar-refractivity contribution in [3.63, 3.8) is 0 Å². The number of sulfone groups is 2. The molecule has 0 saturated carbocycles. The van der Waals surface area contributed by atoms with Crippen LogP contribution in [0.2, 0.25) is 0 Å². The molecule has 0 aromatic carbocycles. The van der Waals surface area contributed by atoms with E-state index in [1.165, 1.54) is 48.5 Å². The molecule has 0 aliphatic carbocycles. The number of hydrogen-bond donors (Lipinski definition) is 0. The Bertz CT molecular complexity index is 400. The molecular formula is C10H22O4S2. The summed E-state index contributed by atoms with van der Waals surface area (Å²) in [6, 6.07) is 0. The van der Waals surface area contributed by atoms with Crippen molar-refractivity contribution >= 4 is 19.7 Å². The van der Waals surface area contributed by atoms with Crippen LogP contribution in [0.15, 0.2) is 0 Å². The fraction of sp³-hybridized carbons (Fsp3) is 1.00. The molecule has 16 heavy (non-hydrogen) atoms. The van der Waals surface area contributed by atoms with Crippen molar-refractivity contribution < 1.29 is 16.8 Å². The van der Waals surface area contributed by atoms with Gasteiger partial charge in [-0.05, 0) is 48.5 Å². The first kappa shape index (κ1) is 15.9. The molecule has 0 atom stereocenters. The van der Waals surface area contributed by atoms with Crippen LogP contribution in [-0.2, 0) is 19.7 Å². The van der Waals surface area contributed by atoms with Gasteiger partial charge in [0, 0.05) is 0 Å². The van der Waals surface area contributed by atoms with E-state index in [1.807, 2.05) is 0 Å². The van der Waals surface area contributed by atoms with Crippen LogP contribution in [0, 0.1) is 0 Å². The zero-order chi connectivity index (χ0) is 13.6. The Kier molecular flexibility index (Phi) is 3.95. The van der Waals surface area contributed by atoms with Gasteiger partial charge in [0.05, 0.1) is 9.49 Å². The van der Waals surface area contributed by atoms with Crippen LogP contribution in [-0.4, -0.2) is 30.9 Å².